The van der Waals surface area contributed by atoms with Crippen LogP contribution in [0.3, 0.4) is 0 Å². The molecule has 0 aromatic heterocycles. The van der Waals surface area contributed by atoms with Gasteiger partial charge in [0, 0.05) is 11.3 Å². The van der Waals surface area contributed by atoms with Gasteiger partial charge in [-0.2, -0.15) is 13.2 Å². The number of sulfonamides is 1. The van der Waals surface area contributed by atoms with E-state index in [1.165, 1.54) is 6.07 Å². The third-order valence-corrected chi connectivity index (χ3v) is 5.46. The molecule has 1 unspecified atom stereocenters. The van der Waals surface area contributed by atoms with E-state index in [-0.39, 0.29) is 11.7 Å². The lowest BCUT2D eigenvalue weighted by Crippen LogP contribution is -2.19. The minimum absolute atomic E-state index is 0.118. The van der Waals surface area contributed by atoms with Crippen LogP contribution in [0.5, 0.6) is 5.75 Å². The lowest BCUT2D eigenvalue weighted by molar-refractivity contribution is -0.139. The van der Waals surface area contributed by atoms with Crippen LogP contribution in [0, 0.1) is 0 Å². The van der Waals surface area contributed by atoms with Gasteiger partial charge in [-0.25, -0.2) is 13.6 Å². The zero-order chi connectivity index (χ0) is 19.8. The molecule has 10 heteroatoms. The third-order valence-electron chi connectivity index (χ3n) is 4.19. The van der Waals surface area contributed by atoms with E-state index in [1.54, 1.807) is 18.2 Å². The van der Waals surface area contributed by atoms with Gasteiger partial charge in [0.15, 0.2) is 0 Å². The van der Waals surface area contributed by atoms with Gasteiger partial charge in [0.05, 0.1) is 28.1 Å². The van der Waals surface area contributed by atoms with Gasteiger partial charge in [0.1, 0.15) is 5.75 Å². The first-order valence-electron chi connectivity index (χ1n) is 7.99. The first kappa shape index (κ1) is 19.8. The van der Waals surface area contributed by atoms with Gasteiger partial charge in [-0.1, -0.05) is 23.7 Å². The van der Waals surface area contributed by atoms with Crippen LogP contribution in [0.1, 0.15) is 30.0 Å². The van der Waals surface area contributed by atoms with Crippen molar-refractivity contribution < 1.29 is 26.3 Å². The van der Waals surface area contributed by atoms with Crippen molar-refractivity contribution in [1.29, 1.82) is 0 Å². The Morgan fingerprint density at radius 2 is 1.96 bits per heavy atom. The second kappa shape index (κ2) is 7.21. The smallest absolute Gasteiger partial charge is 0.417 e. The van der Waals surface area contributed by atoms with Crippen molar-refractivity contribution in [2.75, 3.05) is 11.9 Å². The van der Waals surface area contributed by atoms with E-state index in [0.717, 1.165) is 17.7 Å². The predicted octanol–water partition coefficient (Wildman–Crippen LogP) is 4.33. The van der Waals surface area contributed by atoms with Gasteiger partial charge in [-0.3, -0.25) is 0 Å². The van der Waals surface area contributed by atoms with Gasteiger partial charge in [-0.05, 0) is 37.1 Å². The summed E-state index contributed by atoms with van der Waals surface area (Å²) in [5, 5.41) is 8.35. The average molecular weight is 421 g/mol. The molecule has 2 aromatic carbocycles. The number of anilines is 1. The van der Waals surface area contributed by atoms with Gasteiger partial charge in [0.25, 0.3) is 0 Å². The first-order valence-corrected chi connectivity index (χ1v) is 9.91. The van der Waals surface area contributed by atoms with Gasteiger partial charge >= 0.3 is 6.18 Å². The van der Waals surface area contributed by atoms with Gasteiger partial charge in [0.2, 0.25) is 10.0 Å². The number of benzene rings is 2. The number of nitrogens with two attached hydrogens (primary N) is 1. The number of hydrogen-bond donors (Lipinski definition) is 2. The van der Waals surface area contributed by atoms with Gasteiger partial charge in [-0.15, -0.1) is 0 Å². The average Bonchev–Trinajstić information content (AvgIpc) is 2.77. The summed E-state index contributed by atoms with van der Waals surface area (Å²) in [4.78, 5) is -0.965. The normalized spacial score (nSPS) is 17.6. The van der Waals surface area contributed by atoms with Crippen molar-refractivity contribution in [3.05, 3.63) is 52.5 Å². The van der Waals surface area contributed by atoms with E-state index < -0.39 is 26.7 Å². The van der Waals surface area contributed by atoms with E-state index in [2.05, 4.69) is 5.32 Å². The second-order valence-corrected chi connectivity index (χ2v) is 8.04. The Balaban J connectivity index is 2.01. The van der Waals surface area contributed by atoms with Crippen LogP contribution >= 0.6 is 11.6 Å². The zero-order valence-corrected chi connectivity index (χ0v) is 15.5. The molecule has 0 radical (unpaired) electrons. The highest BCUT2D eigenvalue weighted by molar-refractivity contribution is 7.89. The number of rotatable bonds is 3. The SMILES string of the molecule is NS(=O)(=O)c1ccc(NC2CCCOc3c(Cl)cccc32)cc1C(F)(F)F. The molecule has 0 amide bonds. The van der Waals surface area contributed by atoms with Crippen molar-refractivity contribution in [2.45, 2.75) is 30.0 Å². The minimum atomic E-state index is -4.87. The fourth-order valence-electron chi connectivity index (χ4n) is 3.01. The molecule has 1 atom stereocenters. The maximum Gasteiger partial charge on any atom is 0.417 e. The summed E-state index contributed by atoms with van der Waals surface area (Å²) in [6.45, 7) is 0.438. The fraction of sp³-hybridized carbons (Fsp3) is 0.294. The van der Waals surface area contributed by atoms with E-state index >= 15 is 0 Å². The number of primary sulfonamides is 1. The Bertz CT molecular complexity index is 964. The number of hydrogen-bond acceptors (Lipinski definition) is 4. The molecule has 0 spiro atoms. The van der Waals surface area contributed by atoms with Crippen molar-refractivity contribution in [3.63, 3.8) is 0 Å². The van der Waals surface area contributed by atoms with Crippen LogP contribution in [0.2, 0.25) is 5.02 Å². The zero-order valence-electron chi connectivity index (χ0n) is 13.9. The number of ether oxygens (including phenoxy) is 1. The summed E-state index contributed by atoms with van der Waals surface area (Å²) in [5.41, 5.74) is -0.470. The number of nitrogens with one attached hydrogen (secondary N) is 1. The molecule has 1 aliphatic heterocycles. The maximum absolute atomic E-state index is 13.3. The van der Waals surface area contributed by atoms with Crippen LogP contribution in [-0.4, -0.2) is 15.0 Å². The molecule has 0 aliphatic carbocycles. The molecule has 0 saturated carbocycles. The van der Waals surface area contributed by atoms with Crippen molar-refractivity contribution in [2.24, 2.45) is 5.14 Å². The summed E-state index contributed by atoms with van der Waals surface area (Å²) in [5.74, 6) is 0.492. The highest BCUT2D eigenvalue weighted by Crippen LogP contribution is 2.40. The van der Waals surface area contributed by atoms with Crippen LogP contribution in [0.25, 0.3) is 0 Å². The molecule has 1 aliphatic rings. The van der Waals surface area contributed by atoms with E-state index in [9.17, 15) is 21.6 Å². The van der Waals surface area contributed by atoms with Gasteiger partial charge < -0.3 is 10.1 Å². The number of alkyl halides is 3. The molecule has 2 aromatic rings. The van der Waals surface area contributed by atoms with E-state index in [1.807, 2.05) is 0 Å². The first-order chi connectivity index (χ1) is 12.6. The van der Waals surface area contributed by atoms with Crippen molar-refractivity contribution in [3.8, 4) is 5.75 Å². The highest BCUT2D eigenvalue weighted by atomic mass is 35.5. The minimum Gasteiger partial charge on any atom is -0.492 e. The molecule has 5 nitrogen and oxygen atoms in total. The molecule has 0 fully saturated rings. The van der Waals surface area contributed by atoms with E-state index in [4.69, 9.17) is 21.5 Å². The molecular weight excluding hydrogens is 405 g/mol. The molecule has 146 valence electrons. The Morgan fingerprint density at radius 1 is 1.22 bits per heavy atom. The number of fused-ring (bicyclic) bond motifs is 1. The molecule has 3 N–H and O–H groups in total. The van der Waals surface area contributed by atoms with Crippen molar-refractivity contribution in [1.82, 2.24) is 0 Å². The fourth-order valence-corrected chi connectivity index (χ4v) is 3.99. The van der Waals surface area contributed by atoms with Crippen molar-refractivity contribution >= 4 is 27.3 Å². The molecule has 0 saturated heterocycles. The lowest BCUT2D eigenvalue weighted by atomic mass is 10.0. The van der Waals surface area contributed by atoms with E-state index in [0.29, 0.717) is 30.2 Å². The predicted molar refractivity (Wildman–Crippen MR) is 95.4 cm³/mol. The molecule has 0 bridgehead atoms. The summed E-state index contributed by atoms with van der Waals surface area (Å²) >= 11 is 6.16. The monoisotopic (exact) mass is 420 g/mol. The van der Waals surface area contributed by atoms with Crippen LogP contribution in [0.4, 0.5) is 18.9 Å². The summed E-state index contributed by atoms with van der Waals surface area (Å²) in [7, 11) is -4.51. The maximum atomic E-state index is 13.3. The van der Waals surface area contributed by atoms with Crippen LogP contribution in [-0.2, 0) is 16.2 Å². The summed E-state index contributed by atoms with van der Waals surface area (Å²) < 4.78 is 68.5. The quantitative estimate of drug-likeness (QED) is 0.774. The largest absolute Gasteiger partial charge is 0.492 e. The third kappa shape index (κ3) is 4.31. The Labute approximate surface area is 159 Å². The molecule has 27 heavy (non-hydrogen) atoms. The number of para-hydroxylation sites is 1. The van der Waals surface area contributed by atoms with Crippen LogP contribution < -0.4 is 15.2 Å². The van der Waals surface area contributed by atoms with Crippen LogP contribution in [0.15, 0.2) is 41.3 Å². The molecule has 1 heterocycles. The summed E-state index contributed by atoms with van der Waals surface area (Å²) in [6, 6.07) is 7.70. The standard InChI is InChI=1S/C17H16ClF3N2O3S/c18-13-4-1-3-11-14(5-2-8-26-16(11)13)23-10-6-7-15(27(22,24)25)12(9-10)17(19,20)21/h1,3-4,6-7,9,14,23H,2,5,8H2,(H2,22,24,25). The second-order valence-electron chi connectivity index (χ2n) is 6.10. The number of halogens is 4. The molecule has 3 rings (SSSR count). The topological polar surface area (TPSA) is 81.4 Å². The summed E-state index contributed by atoms with van der Waals surface area (Å²) in [6.07, 6.45) is -3.59. The Hall–Kier alpha value is -1.97. The Morgan fingerprint density at radius 3 is 2.63 bits per heavy atom. The Kier molecular flexibility index (Phi) is 5.29. The highest BCUT2D eigenvalue weighted by Gasteiger charge is 2.37. The lowest BCUT2D eigenvalue weighted by Gasteiger charge is -2.21. The molecular formula is C17H16ClF3N2O3S.